The van der Waals surface area contributed by atoms with Crippen LogP contribution in [0.25, 0.3) is 11.2 Å². The van der Waals surface area contributed by atoms with E-state index >= 15 is 0 Å². The van der Waals surface area contributed by atoms with E-state index in [2.05, 4.69) is 20.4 Å². The third-order valence-corrected chi connectivity index (χ3v) is 3.83. The Morgan fingerprint density at radius 2 is 2.17 bits per heavy atom. The lowest BCUT2D eigenvalue weighted by atomic mass is 10.1. The van der Waals surface area contributed by atoms with E-state index in [4.69, 9.17) is 21.2 Å². The summed E-state index contributed by atoms with van der Waals surface area (Å²) < 4.78 is 6.91. The van der Waals surface area contributed by atoms with Crippen LogP contribution in [-0.4, -0.2) is 66.4 Å². The zero-order chi connectivity index (χ0) is 17.3. The fourth-order valence-corrected chi connectivity index (χ4v) is 2.64. The third-order valence-electron chi connectivity index (χ3n) is 3.66. The summed E-state index contributed by atoms with van der Waals surface area (Å²) in [5, 5.41) is 29.2. The molecule has 0 spiro atoms. The van der Waals surface area contributed by atoms with Gasteiger partial charge in [-0.3, -0.25) is 9.40 Å². The van der Waals surface area contributed by atoms with Crippen molar-refractivity contribution >= 4 is 28.6 Å². The molecule has 4 N–H and O–H groups in total. The molecule has 132 valence electrons. The number of rotatable bonds is 6. The van der Waals surface area contributed by atoms with Crippen LogP contribution >= 0.6 is 11.6 Å². The summed E-state index contributed by atoms with van der Waals surface area (Å²) in [4.78, 5) is 17.6. The van der Waals surface area contributed by atoms with E-state index in [-0.39, 0.29) is 11.1 Å². The van der Waals surface area contributed by atoms with Gasteiger partial charge in [0.05, 0.1) is 19.5 Å². The average Bonchev–Trinajstić information content (AvgIpc) is 3.10. The van der Waals surface area contributed by atoms with E-state index in [9.17, 15) is 15.3 Å². The van der Waals surface area contributed by atoms with Gasteiger partial charge in [0, 0.05) is 0 Å². The van der Waals surface area contributed by atoms with Crippen LogP contribution in [-0.2, 0) is 9.57 Å². The maximum Gasteiger partial charge on any atom is 0.226 e. The van der Waals surface area contributed by atoms with Crippen molar-refractivity contribution < 1.29 is 24.9 Å². The topological polar surface area (TPSA) is 135 Å². The largest absolute Gasteiger partial charge is 0.394 e. The Balaban J connectivity index is 1.95. The van der Waals surface area contributed by atoms with E-state index < -0.39 is 31.1 Å². The molecular weight excluding hydrogens is 342 g/mol. The van der Waals surface area contributed by atoms with Crippen molar-refractivity contribution in [3.63, 3.8) is 0 Å². The predicted octanol–water partition coefficient (Wildman–Crippen LogP) is -0.155. The highest BCUT2D eigenvalue weighted by Crippen LogP contribution is 2.32. The number of imidazole rings is 1. The number of aliphatic hydroxyl groups is 3. The highest BCUT2D eigenvalue weighted by molar-refractivity contribution is 6.28. The molecule has 1 aliphatic rings. The predicted molar refractivity (Wildman–Crippen MR) is 83.2 cm³/mol. The Morgan fingerprint density at radius 3 is 2.83 bits per heavy atom. The van der Waals surface area contributed by atoms with Gasteiger partial charge in [-0.2, -0.15) is 9.97 Å². The zero-order valence-electron chi connectivity index (χ0n) is 12.8. The normalized spacial score (nSPS) is 27.0. The number of anilines is 1. The summed E-state index contributed by atoms with van der Waals surface area (Å²) >= 11 is 5.94. The van der Waals surface area contributed by atoms with Gasteiger partial charge >= 0.3 is 0 Å². The van der Waals surface area contributed by atoms with E-state index in [1.165, 1.54) is 10.9 Å². The lowest BCUT2D eigenvalue weighted by Crippen LogP contribution is -2.33. The number of aliphatic hydroxyl groups excluding tert-OH is 3. The standard InChI is InChI=1S/C13H18ClN5O5/c1-2-3-23-18-10-7-11(17-13(14)16-10)19(5-15-7)12-9(22)8(21)6(4-20)24-12/h5-6,8-9,12,20-22H,2-4H2,1H3,(H,16,17,18)/t6-,8-,9-,12-/m1/s1. The molecule has 1 aliphatic heterocycles. The van der Waals surface area contributed by atoms with Crippen LogP contribution in [0.4, 0.5) is 5.82 Å². The number of fused-ring (bicyclic) bond motifs is 1. The Kier molecular flexibility index (Phi) is 5.13. The first-order valence-corrected chi connectivity index (χ1v) is 7.85. The molecule has 2 aromatic heterocycles. The molecule has 1 saturated heterocycles. The Hall–Kier alpha value is -1.56. The van der Waals surface area contributed by atoms with Gasteiger partial charge in [-0.1, -0.05) is 6.92 Å². The van der Waals surface area contributed by atoms with Crippen molar-refractivity contribution in [2.45, 2.75) is 37.9 Å². The number of ether oxygens (including phenoxy) is 1. The van der Waals surface area contributed by atoms with Crippen molar-refractivity contribution in [2.75, 3.05) is 18.7 Å². The summed E-state index contributed by atoms with van der Waals surface area (Å²) in [6.07, 6.45) is -2.13. The van der Waals surface area contributed by atoms with Crippen molar-refractivity contribution in [2.24, 2.45) is 0 Å². The average molecular weight is 360 g/mol. The highest BCUT2D eigenvalue weighted by atomic mass is 35.5. The van der Waals surface area contributed by atoms with Gasteiger partial charge < -0.3 is 20.1 Å². The summed E-state index contributed by atoms with van der Waals surface area (Å²) in [5.41, 5.74) is 3.34. The second-order valence-electron chi connectivity index (χ2n) is 5.34. The summed E-state index contributed by atoms with van der Waals surface area (Å²) in [6, 6.07) is 0. The second kappa shape index (κ2) is 7.13. The molecule has 0 aliphatic carbocycles. The number of hydrogen-bond donors (Lipinski definition) is 4. The molecule has 0 radical (unpaired) electrons. The van der Waals surface area contributed by atoms with Crippen molar-refractivity contribution in [1.29, 1.82) is 0 Å². The summed E-state index contributed by atoms with van der Waals surface area (Å²) in [5.74, 6) is 0.281. The first-order valence-electron chi connectivity index (χ1n) is 7.47. The van der Waals surface area contributed by atoms with Gasteiger partial charge in [0.1, 0.15) is 18.3 Å². The minimum atomic E-state index is -1.25. The Labute approximate surface area is 142 Å². The number of nitrogens with zero attached hydrogens (tertiary/aromatic N) is 4. The fourth-order valence-electron chi connectivity index (χ4n) is 2.48. The van der Waals surface area contributed by atoms with Crippen molar-refractivity contribution in [3.05, 3.63) is 11.6 Å². The van der Waals surface area contributed by atoms with Gasteiger partial charge in [0.2, 0.25) is 5.28 Å². The lowest BCUT2D eigenvalue weighted by molar-refractivity contribution is -0.0511. The molecule has 3 rings (SSSR count). The number of aromatic nitrogens is 4. The number of hydrogen-bond acceptors (Lipinski definition) is 9. The second-order valence-corrected chi connectivity index (χ2v) is 5.68. The smallest absolute Gasteiger partial charge is 0.226 e. The minimum absolute atomic E-state index is 0.0430. The molecular formula is C13H18ClN5O5. The van der Waals surface area contributed by atoms with Gasteiger partial charge in [-0.05, 0) is 18.0 Å². The molecule has 0 saturated carbocycles. The van der Waals surface area contributed by atoms with Crippen LogP contribution in [0, 0.1) is 0 Å². The van der Waals surface area contributed by atoms with Gasteiger partial charge in [-0.25, -0.2) is 10.5 Å². The number of halogens is 1. The van der Waals surface area contributed by atoms with Crippen LogP contribution in [0.2, 0.25) is 5.28 Å². The van der Waals surface area contributed by atoms with Crippen molar-refractivity contribution in [1.82, 2.24) is 19.5 Å². The first-order chi connectivity index (χ1) is 11.6. The van der Waals surface area contributed by atoms with Crippen molar-refractivity contribution in [3.8, 4) is 0 Å². The van der Waals surface area contributed by atoms with Crippen LogP contribution in [0.15, 0.2) is 6.33 Å². The Bertz CT molecular complexity index is 713. The number of nitrogens with one attached hydrogen (secondary N) is 1. The van der Waals surface area contributed by atoms with E-state index in [1.807, 2.05) is 6.92 Å². The molecule has 1 fully saturated rings. The molecule has 0 aromatic carbocycles. The molecule has 0 amide bonds. The highest BCUT2D eigenvalue weighted by Gasteiger charge is 2.44. The van der Waals surface area contributed by atoms with Crippen LogP contribution in [0.3, 0.4) is 0 Å². The van der Waals surface area contributed by atoms with Crippen LogP contribution < -0.4 is 5.48 Å². The van der Waals surface area contributed by atoms with Gasteiger partial charge in [0.25, 0.3) is 0 Å². The summed E-state index contributed by atoms with van der Waals surface area (Å²) in [7, 11) is 0. The van der Waals surface area contributed by atoms with Crippen LogP contribution in [0.1, 0.15) is 19.6 Å². The molecule has 3 heterocycles. The fraction of sp³-hybridized carbons (Fsp3) is 0.615. The maximum absolute atomic E-state index is 10.2. The SMILES string of the molecule is CCCONc1nc(Cl)nc2c1ncn2[C@@H]1O[C@H](CO)[C@@H](O)[C@H]1O. The molecule has 0 bridgehead atoms. The molecule has 2 aromatic rings. The lowest BCUT2D eigenvalue weighted by Gasteiger charge is -2.16. The zero-order valence-corrected chi connectivity index (χ0v) is 13.6. The van der Waals surface area contributed by atoms with E-state index in [0.29, 0.717) is 17.8 Å². The van der Waals surface area contributed by atoms with E-state index in [1.54, 1.807) is 0 Å². The molecule has 0 unspecified atom stereocenters. The molecule has 4 atom stereocenters. The van der Waals surface area contributed by atoms with Gasteiger partial charge in [0.15, 0.2) is 23.2 Å². The molecule has 10 nitrogen and oxygen atoms in total. The maximum atomic E-state index is 10.2. The molecule has 11 heteroatoms. The molecule has 24 heavy (non-hydrogen) atoms. The van der Waals surface area contributed by atoms with Gasteiger partial charge in [-0.15, -0.1) is 0 Å². The third kappa shape index (κ3) is 3.04. The monoisotopic (exact) mass is 359 g/mol. The first kappa shape index (κ1) is 17.3. The summed E-state index contributed by atoms with van der Waals surface area (Å²) in [6.45, 7) is 2.01. The van der Waals surface area contributed by atoms with Crippen LogP contribution in [0.5, 0.6) is 0 Å². The quantitative estimate of drug-likeness (QED) is 0.315. The Morgan fingerprint density at radius 1 is 1.38 bits per heavy atom. The van der Waals surface area contributed by atoms with E-state index in [0.717, 1.165) is 6.42 Å². The minimum Gasteiger partial charge on any atom is -0.394 e.